The van der Waals surface area contributed by atoms with Gasteiger partial charge in [-0.25, -0.2) is 0 Å². The Kier molecular flexibility index (Phi) is 6.66. The molecule has 4 rings (SSSR count). The van der Waals surface area contributed by atoms with Crippen molar-refractivity contribution in [3.63, 3.8) is 0 Å². The van der Waals surface area contributed by atoms with Gasteiger partial charge in [-0.1, -0.05) is 42.6 Å². The van der Waals surface area contributed by atoms with E-state index in [-0.39, 0.29) is 0 Å². The Morgan fingerprint density at radius 2 is 1.71 bits per heavy atom. The minimum Gasteiger partial charge on any atom is -0.298 e. The highest BCUT2D eigenvalue weighted by Crippen LogP contribution is 2.39. The van der Waals surface area contributed by atoms with Crippen molar-refractivity contribution in [2.45, 2.75) is 37.4 Å². The Labute approximate surface area is 190 Å². The van der Waals surface area contributed by atoms with Crippen LogP contribution in [0.15, 0.2) is 51.4 Å². The zero-order valence-corrected chi connectivity index (χ0v) is 19.8. The summed E-state index contributed by atoms with van der Waals surface area (Å²) < 4.78 is 7.57. The Balaban J connectivity index is 1.62. The third-order valence-electron chi connectivity index (χ3n) is 4.89. The largest absolute Gasteiger partial charge is 0.298 e. The van der Waals surface area contributed by atoms with Gasteiger partial charge in [0.05, 0.1) is 5.69 Å². The van der Waals surface area contributed by atoms with Gasteiger partial charge >= 0.3 is 0 Å². The molecule has 0 unspecified atom stereocenters. The van der Waals surface area contributed by atoms with Gasteiger partial charge in [-0.3, -0.25) is 9.29 Å². The van der Waals surface area contributed by atoms with Gasteiger partial charge in [-0.05, 0) is 86.5 Å². The number of anilines is 1. The van der Waals surface area contributed by atoms with E-state index < -0.39 is 0 Å². The average molecular weight is 543 g/mol. The van der Waals surface area contributed by atoms with Crippen LogP contribution in [-0.2, 0) is 5.75 Å². The minimum absolute atomic E-state index is 0.448. The molecule has 1 fully saturated rings. The van der Waals surface area contributed by atoms with Gasteiger partial charge in [-0.2, -0.15) is 0 Å². The highest BCUT2D eigenvalue weighted by Gasteiger charge is 2.27. The van der Waals surface area contributed by atoms with Crippen LogP contribution in [0.5, 0.6) is 0 Å². The molecule has 0 bridgehead atoms. The molecule has 4 nitrogen and oxygen atoms in total. The molecule has 0 radical (unpaired) electrons. The van der Waals surface area contributed by atoms with E-state index in [0.29, 0.717) is 5.92 Å². The molecular weight excluding hydrogens is 524 g/mol. The van der Waals surface area contributed by atoms with Gasteiger partial charge in [0.1, 0.15) is 5.82 Å². The van der Waals surface area contributed by atoms with Crippen molar-refractivity contribution in [1.29, 1.82) is 0 Å². The molecule has 1 aliphatic carbocycles. The summed E-state index contributed by atoms with van der Waals surface area (Å²) in [4.78, 5) is 0. The summed E-state index contributed by atoms with van der Waals surface area (Å²) in [5.74, 6) is 3.02. The van der Waals surface area contributed by atoms with E-state index in [1.807, 2.05) is 42.5 Å². The molecule has 2 aromatic carbocycles. The lowest BCUT2D eigenvalue weighted by Crippen LogP contribution is -2.09. The second kappa shape index (κ2) is 9.20. The van der Waals surface area contributed by atoms with Gasteiger partial charge < -0.3 is 0 Å². The quantitative estimate of drug-likeness (QED) is 0.331. The monoisotopic (exact) mass is 540 g/mol. The van der Waals surface area contributed by atoms with Crippen LogP contribution in [0.3, 0.4) is 0 Å². The van der Waals surface area contributed by atoms with E-state index >= 15 is 0 Å². The molecule has 0 atom stereocenters. The lowest BCUT2D eigenvalue weighted by atomic mass is 10.1. The maximum absolute atomic E-state index is 5.97. The van der Waals surface area contributed by atoms with Crippen molar-refractivity contribution in [2.75, 3.05) is 4.72 Å². The second-order valence-corrected chi connectivity index (χ2v) is 9.71. The van der Waals surface area contributed by atoms with E-state index in [4.69, 9.17) is 11.6 Å². The highest BCUT2D eigenvalue weighted by atomic mass is 79.9. The summed E-state index contributed by atoms with van der Waals surface area (Å²) in [7, 11) is 0. The van der Waals surface area contributed by atoms with Crippen LogP contribution in [0.25, 0.3) is 5.69 Å². The van der Waals surface area contributed by atoms with Crippen molar-refractivity contribution in [3.05, 3.63) is 67.8 Å². The summed E-state index contributed by atoms with van der Waals surface area (Å²) in [6.45, 7) is 0. The van der Waals surface area contributed by atoms with E-state index in [2.05, 4.69) is 51.3 Å². The van der Waals surface area contributed by atoms with Gasteiger partial charge in [0.15, 0.2) is 0 Å². The van der Waals surface area contributed by atoms with Gasteiger partial charge in [0, 0.05) is 25.6 Å². The van der Waals surface area contributed by atoms with Crippen molar-refractivity contribution in [1.82, 2.24) is 14.8 Å². The molecule has 3 aromatic rings. The van der Waals surface area contributed by atoms with E-state index in [1.54, 1.807) is 11.9 Å². The van der Waals surface area contributed by atoms with Gasteiger partial charge in [0.2, 0.25) is 5.95 Å². The van der Waals surface area contributed by atoms with Crippen LogP contribution >= 0.6 is 55.4 Å². The molecule has 8 heteroatoms. The van der Waals surface area contributed by atoms with Crippen molar-refractivity contribution >= 4 is 61.4 Å². The number of halogens is 3. The summed E-state index contributed by atoms with van der Waals surface area (Å²) in [6, 6.07) is 14.0. The molecule has 1 N–H and O–H groups in total. The number of benzene rings is 2. The first-order chi connectivity index (χ1) is 13.6. The first-order valence-corrected chi connectivity index (χ1v) is 12.1. The molecule has 1 saturated carbocycles. The molecule has 1 heterocycles. The Morgan fingerprint density at radius 3 is 2.39 bits per heavy atom. The minimum atomic E-state index is 0.448. The maximum Gasteiger partial charge on any atom is 0.239 e. The fourth-order valence-electron chi connectivity index (χ4n) is 3.50. The molecule has 1 aliphatic rings. The summed E-state index contributed by atoms with van der Waals surface area (Å²) >= 11 is 15.0. The van der Waals surface area contributed by atoms with E-state index in [0.717, 1.165) is 50.0 Å². The van der Waals surface area contributed by atoms with Crippen molar-refractivity contribution in [3.8, 4) is 5.69 Å². The zero-order chi connectivity index (χ0) is 19.5. The van der Waals surface area contributed by atoms with Crippen LogP contribution in [0.4, 0.5) is 5.95 Å². The third kappa shape index (κ3) is 4.42. The number of para-hydroxylation sites is 1. The maximum atomic E-state index is 5.97. The molecule has 0 saturated heterocycles. The van der Waals surface area contributed by atoms with E-state index in [1.165, 1.54) is 18.4 Å². The van der Waals surface area contributed by atoms with Gasteiger partial charge in [0.25, 0.3) is 0 Å². The van der Waals surface area contributed by atoms with Crippen LogP contribution < -0.4 is 4.72 Å². The van der Waals surface area contributed by atoms with E-state index in [9.17, 15) is 0 Å². The number of aromatic nitrogens is 3. The van der Waals surface area contributed by atoms with Gasteiger partial charge in [-0.15, -0.1) is 10.2 Å². The average Bonchev–Trinajstić information content (AvgIpc) is 3.34. The molecule has 0 spiro atoms. The number of rotatable bonds is 6. The molecule has 146 valence electrons. The molecule has 0 aliphatic heterocycles. The Hall–Kier alpha value is -1.02. The topological polar surface area (TPSA) is 42.7 Å². The standard InChI is InChI=1S/C20H19Br2ClN4S/c21-16-6-3-7-17(22)18(16)27-19(14-4-1-2-5-14)24-25-20(27)26-28-12-13-8-10-15(23)11-9-13/h3,6-11,14H,1-2,4-5,12H2,(H,25,26). The molecular formula is C20H19Br2ClN4S. The highest BCUT2D eigenvalue weighted by molar-refractivity contribution is 9.11. The second-order valence-electron chi connectivity index (χ2n) is 6.79. The number of hydrogen-bond donors (Lipinski definition) is 1. The lowest BCUT2D eigenvalue weighted by molar-refractivity contribution is 0.650. The zero-order valence-electron chi connectivity index (χ0n) is 15.0. The van der Waals surface area contributed by atoms with Crippen molar-refractivity contribution < 1.29 is 0 Å². The van der Waals surface area contributed by atoms with Crippen molar-refractivity contribution in [2.24, 2.45) is 0 Å². The fraction of sp³-hybridized carbons (Fsp3) is 0.300. The number of hydrogen-bond acceptors (Lipinski definition) is 4. The third-order valence-corrected chi connectivity index (χ3v) is 7.22. The predicted molar refractivity (Wildman–Crippen MR) is 124 cm³/mol. The first kappa shape index (κ1) is 20.3. The molecule has 28 heavy (non-hydrogen) atoms. The fourth-order valence-corrected chi connectivity index (χ4v) is 5.67. The lowest BCUT2D eigenvalue weighted by Gasteiger charge is -2.17. The summed E-state index contributed by atoms with van der Waals surface area (Å²) in [5, 5.41) is 9.81. The first-order valence-electron chi connectivity index (χ1n) is 9.15. The van der Waals surface area contributed by atoms with Crippen LogP contribution in [0, 0.1) is 0 Å². The van der Waals surface area contributed by atoms with Crippen LogP contribution in [0.1, 0.15) is 43.0 Å². The van der Waals surface area contributed by atoms with Crippen LogP contribution in [-0.4, -0.2) is 14.8 Å². The number of nitrogens with one attached hydrogen (secondary N) is 1. The molecule has 0 amide bonds. The van der Waals surface area contributed by atoms with Crippen LogP contribution in [0.2, 0.25) is 5.02 Å². The summed E-state index contributed by atoms with van der Waals surface area (Å²) in [5.41, 5.74) is 2.23. The normalized spacial score (nSPS) is 14.5. The summed E-state index contributed by atoms with van der Waals surface area (Å²) in [6.07, 6.45) is 4.84. The predicted octanol–water partition coefficient (Wildman–Crippen LogP) is 7.36. The number of nitrogens with zero attached hydrogens (tertiary/aromatic N) is 3. The SMILES string of the molecule is Clc1ccc(CSNc2nnc(C3CCCC3)n2-c2c(Br)cccc2Br)cc1. The Morgan fingerprint density at radius 1 is 1.04 bits per heavy atom. The smallest absolute Gasteiger partial charge is 0.239 e. The Bertz CT molecular complexity index is 935. The molecule has 1 aromatic heterocycles.